The zero-order valence-corrected chi connectivity index (χ0v) is 13.7. The van der Waals surface area contributed by atoms with Crippen LogP contribution in [0.5, 0.6) is 0 Å². The number of nitrogens with zero attached hydrogens (tertiary/aromatic N) is 1. The molecule has 3 unspecified atom stereocenters. The van der Waals surface area contributed by atoms with Crippen molar-refractivity contribution < 1.29 is 14.3 Å². The Morgan fingerprint density at radius 3 is 2.90 bits per heavy atom. The maximum atomic E-state index is 12.4. The van der Waals surface area contributed by atoms with Gasteiger partial charge in [0.2, 0.25) is 0 Å². The number of esters is 1. The number of rotatable bonds is 6. The molecule has 2 aliphatic rings. The predicted octanol–water partition coefficient (Wildman–Crippen LogP) is 1.56. The van der Waals surface area contributed by atoms with Gasteiger partial charge in [-0.3, -0.25) is 9.69 Å². The number of hydrogen-bond acceptors (Lipinski definition) is 5. The molecular formula is C16H30N2O3. The summed E-state index contributed by atoms with van der Waals surface area (Å²) in [6, 6.07) is 0.464. The van der Waals surface area contributed by atoms with Crippen LogP contribution in [-0.2, 0) is 14.3 Å². The molecule has 122 valence electrons. The molecule has 0 aromatic rings. The molecule has 0 aromatic heterocycles. The number of carbonyl (C=O) groups is 1. The highest BCUT2D eigenvalue weighted by Crippen LogP contribution is 2.35. The first-order valence-electron chi connectivity index (χ1n) is 8.43. The van der Waals surface area contributed by atoms with Gasteiger partial charge in [0.15, 0.2) is 0 Å². The number of nitrogens with one attached hydrogen (secondary N) is 1. The normalized spacial score (nSPS) is 34.0. The minimum Gasteiger partial charge on any atom is -0.465 e. The lowest BCUT2D eigenvalue weighted by Gasteiger charge is -2.37. The molecule has 3 atom stereocenters. The molecule has 21 heavy (non-hydrogen) atoms. The van der Waals surface area contributed by atoms with Gasteiger partial charge in [0.05, 0.1) is 19.3 Å². The number of hydrogen-bond donors (Lipinski definition) is 1. The van der Waals surface area contributed by atoms with Crippen molar-refractivity contribution in [3.63, 3.8) is 0 Å². The third kappa shape index (κ3) is 3.76. The molecule has 1 heterocycles. The molecule has 0 spiro atoms. The van der Waals surface area contributed by atoms with Crippen LogP contribution < -0.4 is 5.32 Å². The van der Waals surface area contributed by atoms with Crippen molar-refractivity contribution >= 4 is 5.97 Å². The molecule has 5 nitrogen and oxygen atoms in total. The average Bonchev–Trinajstić information content (AvgIpc) is 2.94. The number of carbonyl (C=O) groups excluding carboxylic acids is 1. The topological polar surface area (TPSA) is 50.8 Å². The van der Waals surface area contributed by atoms with Crippen LogP contribution in [0.15, 0.2) is 0 Å². The van der Waals surface area contributed by atoms with Crippen LogP contribution in [0.3, 0.4) is 0 Å². The molecule has 0 radical (unpaired) electrons. The Morgan fingerprint density at radius 2 is 2.24 bits per heavy atom. The van der Waals surface area contributed by atoms with E-state index in [1.807, 2.05) is 6.92 Å². The van der Waals surface area contributed by atoms with E-state index in [1.54, 1.807) is 0 Å². The summed E-state index contributed by atoms with van der Waals surface area (Å²) < 4.78 is 11.1. The highest BCUT2D eigenvalue weighted by atomic mass is 16.5. The fourth-order valence-corrected chi connectivity index (χ4v) is 3.68. The molecule has 5 heteroatoms. The van der Waals surface area contributed by atoms with E-state index in [0.717, 1.165) is 51.9 Å². The maximum absolute atomic E-state index is 12.4. The van der Waals surface area contributed by atoms with E-state index in [2.05, 4.69) is 24.1 Å². The first-order chi connectivity index (χ1) is 10.1. The SMILES string of the molecule is CCNC1(C(=O)OCC)CCC(N2CCOC(CC)C2)C1. The lowest BCUT2D eigenvalue weighted by Crippen LogP contribution is -2.53. The minimum atomic E-state index is -0.477. The van der Waals surface area contributed by atoms with Gasteiger partial charge in [0, 0.05) is 19.1 Å². The van der Waals surface area contributed by atoms with Crippen LogP contribution in [0.25, 0.3) is 0 Å². The largest absolute Gasteiger partial charge is 0.465 e. The summed E-state index contributed by atoms with van der Waals surface area (Å²) in [6.07, 6.45) is 4.19. The summed E-state index contributed by atoms with van der Waals surface area (Å²) in [4.78, 5) is 14.9. The number of morpholine rings is 1. The summed E-state index contributed by atoms with van der Waals surface area (Å²) in [6.45, 7) is 10.1. The molecule has 0 bridgehead atoms. The molecule has 2 rings (SSSR count). The molecule has 2 fully saturated rings. The number of ether oxygens (including phenoxy) is 2. The number of likely N-dealkylation sites (N-methyl/N-ethyl adjacent to an activating group) is 1. The molecular weight excluding hydrogens is 268 g/mol. The van der Waals surface area contributed by atoms with Gasteiger partial charge in [-0.25, -0.2) is 0 Å². The lowest BCUT2D eigenvalue weighted by molar-refractivity contribution is -0.151. The first kappa shape index (κ1) is 16.7. The van der Waals surface area contributed by atoms with Gasteiger partial charge in [0.1, 0.15) is 5.54 Å². The Kier molecular flexibility index (Phi) is 6.02. The Bertz CT molecular complexity index is 350. The summed E-state index contributed by atoms with van der Waals surface area (Å²) in [5.74, 6) is -0.0744. The second-order valence-electron chi connectivity index (χ2n) is 6.13. The lowest BCUT2D eigenvalue weighted by atomic mass is 9.97. The van der Waals surface area contributed by atoms with E-state index in [1.165, 1.54) is 0 Å². The standard InChI is InChI=1S/C16H30N2O3/c1-4-14-12-18(9-10-21-14)13-7-8-16(11-13,17-5-2)15(19)20-6-3/h13-14,17H,4-12H2,1-3H3. The Hall–Kier alpha value is -0.650. The van der Waals surface area contributed by atoms with E-state index in [-0.39, 0.29) is 5.97 Å². The predicted molar refractivity (Wildman–Crippen MR) is 82.3 cm³/mol. The zero-order chi connectivity index (χ0) is 15.3. The molecule has 0 aromatic carbocycles. The van der Waals surface area contributed by atoms with Crippen molar-refractivity contribution in [2.24, 2.45) is 0 Å². The Balaban J connectivity index is 2.00. The minimum absolute atomic E-state index is 0.0744. The van der Waals surface area contributed by atoms with Crippen LogP contribution in [0.2, 0.25) is 0 Å². The fourth-order valence-electron chi connectivity index (χ4n) is 3.68. The molecule has 1 aliphatic heterocycles. The van der Waals surface area contributed by atoms with Crippen molar-refractivity contribution in [3.05, 3.63) is 0 Å². The van der Waals surface area contributed by atoms with E-state index in [4.69, 9.17) is 9.47 Å². The summed E-state index contributed by atoms with van der Waals surface area (Å²) in [5.41, 5.74) is -0.477. The first-order valence-corrected chi connectivity index (χ1v) is 8.43. The molecule has 1 saturated carbocycles. The molecule has 0 amide bonds. The highest BCUT2D eigenvalue weighted by molar-refractivity contribution is 5.81. The van der Waals surface area contributed by atoms with Gasteiger partial charge in [0.25, 0.3) is 0 Å². The second-order valence-corrected chi connectivity index (χ2v) is 6.13. The highest BCUT2D eigenvalue weighted by Gasteiger charge is 2.47. The van der Waals surface area contributed by atoms with E-state index in [9.17, 15) is 4.79 Å². The van der Waals surface area contributed by atoms with Crippen LogP contribution in [0.1, 0.15) is 46.5 Å². The van der Waals surface area contributed by atoms with Crippen molar-refractivity contribution in [1.29, 1.82) is 0 Å². The zero-order valence-electron chi connectivity index (χ0n) is 13.7. The van der Waals surface area contributed by atoms with Crippen molar-refractivity contribution in [3.8, 4) is 0 Å². The van der Waals surface area contributed by atoms with Crippen LogP contribution in [-0.4, -0.2) is 61.4 Å². The third-order valence-electron chi connectivity index (χ3n) is 4.81. The Morgan fingerprint density at radius 1 is 1.43 bits per heavy atom. The average molecular weight is 298 g/mol. The summed E-state index contributed by atoms with van der Waals surface area (Å²) >= 11 is 0. The van der Waals surface area contributed by atoms with Gasteiger partial charge in [-0.2, -0.15) is 0 Å². The summed E-state index contributed by atoms with van der Waals surface area (Å²) in [5, 5.41) is 3.40. The van der Waals surface area contributed by atoms with E-state index in [0.29, 0.717) is 18.8 Å². The van der Waals surface area contributed by atoms with Crippen LogP contribution in [0, 0.1) is 0 Å². The van der Waals surface area contributed by atoms with E-state index < -0.39 is 5.54 Å². The van der Waals surface area contributed by atoms with Gasteiger partial charge in [-0.1, -0.05) is 13.8 Å². The van der Waals surface area contributed by atoms with Crippen LogP contribution >= 0.6 is 0 Å². The molecule has 1 saturated heterocycles. The monoisotopic (exact) mass is 298 g/mol. The molecule has 1 aliphatic carbocycles. The fraction of sp³-hybridized carbons (Fsp3) is 0.938. The van der Waals surface area contributed by atoms with Gasteiger partial charge in [-0.15, -0.1) is 0 Å². The maximum Gasteiger partial charge on any atom is 0.326 e. The second kappa shape index (κ2) is 7.56. The summed E-state index contributed by atoms with van der Waals surface area (Å²) in [7, 11) is 0. The van der Waals surface area contributed by atoms with Crippen molar-refractivity contribution in [2.75, 3.05) is 32.8 Å². The quantitative estimate of drug-likeness (QED) is 0.754. The van der Waals surface area contributed by atoms with E-state index >= 15 is 0 Å². The van der Waals surface area contributed by atoms with Crippen LogP contribution in [0.4, 0.5) is 0 Å². The van der Waals surface area contributed by atoms with Crippen molar-refractivity contribution in [1.82, 2.24) is 10.2 Å². The Labute approximate surface area is 128 Å². The smallest absolute Gasteiger partial charge is 0.326 e. The van der Waals surface area contributed by atoms with Gasteiger partial charge >= 0.3 is 5.97 Å². The van der Waals surface area contributed by atoms with Gasteiger partial charge in [-0.05, 0) is 39.2 Å². The van der Waals surface area contributed by atoms with Crippen molar-refractivity contribution in [2.45, 2.75) is 64.1 Å². The third-order valence-corrected chi connectivity index (χ3v) is 4.81. The molecule has 1 N–H and O–H groups in total. The van der Waals surface area contributed by atoms with Gasteiger partial charge < -0.3 is 14.8 Å².